The van der Waals surface area contributed by atoms with Gasteiger partial charge in [0, 0.05) is 6.54 Å². The Labute approximate surface area is 175 Å². The molecule has 0 aromatic heterocycles. The van der Waals surface area contributed by atoms with Crippen LogP contribution in [-0.4, -0.2) is 47.2 Å². The van der Waals surface area contributed by atoms with Gasteiger partial charge in [0.15, 0.2) is 6.61 Å². The van der Waals surface area contributed by atoms with Gasteiger partial charge in [-0.15, -0.1) is 0 Å². The molecule has 0 aliphatic rings. The predicted molar refractivity (Wildman–Crippen MR) is 109 cm³/mol. The highest BCUT2D eigenvalue weighted by molar-refractivity contribution is 7.89. The van der Waals surface area contributed by atoms with Crippen molar-refractivity contribution < 1.29 is 32.2 Å². The number of rotatable bonds is 11. The Morgan fingerprint density at radius 3 is 2.20 bits per heavy atom. The van der Waals surface area contributed by atoms with Crippen LogP contribution < -0.4 is 19.5 Å². The normalized spacial score (nSPS) is 10.9. The average molecular weight is 436 g/mol. The number of carbonyl (C=O) groups excluding carboxylic acids is 2. The molecular weight excluding hydrogens is 412 g/mol. The van der Waals surface area contributed by atoms with Gasteiger partial charge in [-0.25, -0.2) is 8.42 Å². The fourth-order valence-electron chi connectivity index (χ4n) is 2.31. The summed E-state index contributed by atoms with van der Waals surface area (Å²) in [6.07, 6.45) is 0. The van der Waals surface area contributed by atoms with Crippen LogP contribution in [0.5, 0.6) is 11.5 Å². The Balaban J connectivity index is 1.73. The second kappa shape index (κ2) is 11.2. The van der Waals surface area contributed by atoms with Crippen molar-refractivity contribution >= 4 is 21.9 Å². The molecule has 9 nitrogen and oxygen atoms in total. The molecule has 0 heterocycles. The molecule has 0 spiro atoms. The molecular formula is C20H24N2O7S. The second-order valence-electron chi connectivity index (χ2n) is 6.01. The van der Waals surface area contributed by atoms with Crippen LogP contribution in [-0.2, 0) is 30.9 Å². The zero-order valence-corrected chi connectivity index (χ0v) is 17.5. The minimum Gasteiger partial charge on any atom is -0.497 e. The fourth-order valence-corrected chi connectivity index (χ4v) is 3.28. The highest BCUT2D eigenvalue weighted by atomic mass is 32.2. The lowest BCUT2D eigenvalue weighted by atomic mass is 10.2. The minimum absolute atomic E-state index is 0.0176. The van der Waals surface area contributed by atoms with E-state index < -0.39 is 35.1 Å². The third kappa shape index (κ3) is 7.37. The minimum atomic E-state index is -3.89. The Morgan fingerprint density at radius 2 is 1.60 bits per heavy atom. The second-order valence-corrected chi connectivity index (χ2v) is 7.78. The quantitative estimate of drug-likeness (QED) is 0.509. The van der Waals surface area contributed by atoms with Gasteiger partial charge in [0.1, 0.15) is 18.0 Å². The SMILES string of the molecule is CCOc1ccc(S(=O)(=O)NCC(=O)OCC(=O)NCc2ccc(OC)cc2)cc1. The van der Waals surface area contributed by atoms with E-state index >= 15 is 0 Å². The molecule has 0 fully saturated rings. The van der Waals surface area contributed by atoms with Gasteiger partial charge in [-0.3, -0.25) is 9.59 Å². The molecule has 0 saturated carbocycles. The van der Waals surface area contributed by atoms with E-state index in [0.29, 0.717) is 18.1 Å². The molecule has 10 heteroatoms. The molecule has 2 aromatic rings. The van der Waals surface area contributed by atoms with Gasteiger partial charge in [0.25, 0.3) is 5.91 Å². The summed E-state index contributed by atoms with van der Waals surface area (Å²) in [5, 5.41) is 2.60. The number of hydrogen-bond donors (Lipinski definition) is 2. The Morgan fingerprint density at radius 1 is 0.967 bits per heavy atom. The topological polar surface area (TPSA) is 120 Å². The van der Waals surface area contributed by atoms with E-state index in [-0.39, 0.29) is 11.4 Å². The van der Waals surface area contributed by atoms with Crippen LogP contribution in [0.3, 0.4) is 0 Å². The van der Waals surface area contributed by atoms with Crippen molar-refractivity contribution in [1.29, 1.82) is 0 Å². The zero-order valence-electron chi connectivity index (χ0n) is 16.7. The number of amides is 1. The number of sulfonamides is 1. The van der Waals surface area contributed by atoms with E-state index in [2.05, 4.69) is 10.0 Å². The van der Waals surface area contributed by atoms with E-state index in [1.165, 1.54) is 24.3 Å². The molecule has 0 unspecified atom stereocenters. The Hall–Kier alpha value is -3.11. The summed E-state index contributed by atoms with van der Waals surface area (Å²) < 4.78 is 41.6. The lowest BCUT2D eigenvalue weighted by Gasteiger charge is -2.09. The van der Waals surface area contributed by atoms with Gasteiger partial charge in [0.05, 0.1) is 18.6 Å². The van der Waals surface area contributed by atoms with Crippen LogP contribution in [0.2, 0.25) is 0 Å². The largest absolute Gasteiger partial charge is 0.497 e. The lowest BCUT2D eigenvalue weighted by molar-refractivity contribution is -0.147. The van der Waals surface area contributed by atoms with Crippen molar-refractivity contribution in [2.45, 2.75) is 18.4 Å². The molecule has 0 aliphatic heterocycles. The van der Waals surface area contributed by atoms with Crippen LogP contribution in [0, 0.1) is 0 Å². The number of benzene rings is 2. The molecule has 30 heavy (non-hydrogen) atoms. The van der Waals surface area contributed by atoms with Gasteiger partial charge in [-0.2, -0.15) is 4.72 Å². The van der Waals surface area contributed by atoms with Crippen LogP contribution in [0.1, 0.15) is 12.5 Å². The van der Waals surface area contributed by atoms with Gasteiger partial charge < -0.3 is 19.5 Å². The third-order valence-corrected chi connectivity index (χ3v) is 5.28. The van der Waals surface area contributed by atoms with Gasteiger partial charge in [-0.1, -0.05) is 12.1 Å². The van der Waals surface area contributed by atoms with Crippen LogP contribution in [0.15, 0.2) is 53.4 Å². The number of carbonyl (C=O) groups is 2. The summed E-state index contributed by atoms with van der Waals surface area (Å²) in [7, 11) is -2.34. The number of ether oxygens (including phenoxy) is 3. The first-order valence-corrected chi connectivity index (χ1v) is 10.6. The van der Waals surface area contributed by atoms with E-state index in [4.69, 9.17) is 14.2 Å². The van der Waals surface area contributed by atoms with Crippen molar-refractivity contribution in [1.82, 2.24) is 10.0 Å². The van der Waals surface area contributed by atoms with E-state index in [1.54, 1.807) is 31.4 Å². The van der Waals surface area contributed by atoms with E-state index in [0.717, 1.165) is 5.56 Å². The molecule has 0 saturated heterocycles. The summed E-state index contributed by atoms with van der Waals surface area (Å²) in [6, 6.07) is 12.9. The van der Waals surface area contributed by atoms with Crippen LogP contribution in [0.4, 0.5) is 0 Å². The molecule has 0 aliphatic carbocycles. The Kier molecular flexibility index (Phi) is 8.63. The molecule has 0 atom stereocenters. The summed E-state index contributed by atoms with van der Waals surface area (Å²) in [5.74, 6) is -0.138. The number of methoxy groups -OCH3 is 1. The first kappa shape index (κ1) is 23.2. The number of hydrogen-bond acceptors (Lipinski definition) is 7. The van der Waals surface area contributed by atoms with Crippen molar-refractivity contribution in [3.8, 4) is 11.5 Å². The summed E-state index contributed by atoms with van der Waals surface area (Å²) >= 11 is 0. The fraction of sp³-hybridized carbons (Fsp3) is 0.300. The monoisotopic (exact) mass is 436 g/mol. The Bertz CT molecular complexity index is 942. The number of nitrogens with one attached hydrogen (secondary N) is 2. The summed E-state index contributed by atoms with van der Waals surface area (Å²) in [4.78, 5) is 23.5. The predicted octanol–water partition coefficient (Wildman–Crippen LogP) is 1.23. The van der Waals surface area contributed by atoms with Crippen LogP contribution in [0.25, 0.3) is 0 Å². The van der Waals surface area contributed by atoms with Gasteiger partial charge >= 0.3 is 5.97 Å². The first-order chi connectivity index (χ1) is 14.3. The lowest BCUT2D eigenvalue weighted by Crippen LogP contribution is -2.33. The van der Waals surface area contributed by atoms with Crippen molar-refractivity contribution in [3.05, 3.63) is 54.1 Å². The standard InChI is InChI=1S/C20H24N2O7S/c1-3-28-17-8-10-18(11-9-17)30(25,26)22-13-20(24)29-14-19(23)21-12-15-4-6-16(27-2)7-5-15/h4-11,22H,3,12-14H2,1-2H3,(H,21,23). The maximum Gasteiger partial charge on any atom is 0.321 e. The van der Waals surface area contributed by atoms with Gasteiger partial charge in [-0.05, 0) is 48.9 Å². The molecule has 0 bridgehead atoms. The average Bonchev–Trinajstić information content (AvgIpc) is 2.76. The third-order valence-electron chi connectivity index (χ3n) is 3.86. The number of esters is 1. The van der Waals surface area contributed by atoms with Gasteiger partial charge in [0.2, 0.25) is 10.0 Å². The van der Waals surface area contributed by atoms with E-state index in [1.807, 2.05) is 6.92 Å². The molecule has 162 valence electrons. The maximum absolute atomic E-state index is 12.2. The molecule has 2 N–H and O–H groups in total. The van der Waals surface area contributed by atoms with Crippen LogP contribution >= 0.6 is 0 Å². The van der Waals surface area contributed by atoms with Crippen molar-refractivity contribution in [2.24, 2.45) is 0 Å². The van der Waals surface area contributed by atoms with Crippen molar-refractivity contribution in [3.63, 3.8) is 0 Å². The summed E-state index contributed by atoms with van der Waals surface area (Å²) in [5.41, 5.74) is 0.846. The summed E-state index contributed by atoms with van der Waals surface area (Å²) in [6.45, 7) is 1.42. The molecule has 1 amide bonds. The zero-order chi connectivity index (χ0) is 22.0. The smallest absolute Gasteiger partial charge is 0.321 e. The molecule has 2 rings (SSSR count). The van der Waals surface area contributed by atoms with E-state index in [9.17, 15) is 18.0 Å². The molecule has 2 aromatic carbocycles. The highest BCUT2D eigenvalue weighted by Gasteiger charge is 2.17. The first-order valence-electron chi connectivity index (χ1n) is 9.12. The van der Waals surface area contributed by atoms with Crippen molar-refractivity contribution in [2.75, 3.05) is 26.9 Å². The maximum atomic E-state index is 12.2. The molecule has 0 radical (unpaired) electrons. The highest BCUT2D eigenvalue weighted by Crippen LogP contribution is 2.15.